The van der Waals surface area contributed by atoms with E-state index >= 15 is 0 Å². The van der Waals surface area contributed by atoms with Crippen molar-refractivity contribution < 1.29 is 0 Å². The fraction of sp³-hybridized carbons (Fsp3) is 0.571. The molecule has 0 saturated carbocycles. The highest BCUT2D eigenvalue weighted by Gasteiger charge is 2.21. The van der Waals surface area contributed by atoms with E-state index in [2.05, 4.69) is 33.0 Å². The van der Waals surface area contributed by atoms with Crippen molar-refractivity contribution in [2.45, 2.75) is 40.2 Å². The van der Waals surface area contributed by atoms with Crippen molar-refractivity contribution in [3.8, 4) is 0 Å². The Morgan fingerprint density at radius 1 is 1.18 bits per heavy atom. The largest absolute Gasteiger partial charge is 0.314 e. The van der Waals surface area contributed by atoms with Crippen molar-refractivity contribution in [2.75, 3.05) is 6.54 Å². The Bertz CT molecular complexity index is 352. The van der Waals surface area contributed by atoms with E-state index in [1.54, 1.807) is 0 Å². The summed E-state index contributed by atoms with van der Waals surface area (Å²) in [5.41, 5.74) is 1.19. The number of nitrogens with one attached hydrogen (secondary N) is 1. The van der Waals surface area contributed by atoms with Crippen LogP contribution < -0.4 is 5.32 Å². The van der Waals surface area contributed by atoms with Gasteiger partial charge in [-0.05, 0) is 29.5 Å². The SMILES string of the molecule is CC(C)NCC(C)(C)Cc1c(Cl)cccc1Cl. The molecule has 0 aliphatic carbocycles. The van der Waals surface area contributed by atoms with Gasteiger partial charge < -0.3 is 5.32 Å². The minimum absolute atomic E-state index is 0.138. The van der Waals surface area contributed by atoms with Crippen molar-refractivity contribution in [2.24, 2.45) is 5.41 Å². The number of halogens is 2. The molecule has 0 spiro atoms. The van der Waals surface area contributed by atoms with Gasteiger partial charge in [0.05, 0.1) is 0 Å². The second kappa shape index (κ2) is 6.08. The molecular weight excluding hydrogens is 253 g/mol. The summed E-state index contributed by atoms with van der Waals surface area (Å²) < 4.78 is 0. The molecular formula is C14H21Cl2N. The Kier molecular flexibility index (Phi) is 5.30. The normalized spacial score (nSPS) is 12.2. The summed E-state index contributed by atoms with van der Waals surface area (Å²) in [4.78, 5) is 0. The Labute approximate surface area is 115 Å². The number of rotatable bonds is 5. The van der Waals surface area contributed by atoms with Gasteiger partial charge in [0.15, 0.2) is 0 Å². The van der Waals surface area contributed by atoms with Crippen LogP contribution in [0.4, 0.5) is 0 Å². The molecule has 0 radical (unpaired) electrons. The first-order valence-electron chi connectivity index (χ1n) is 5.98. The van der Waals surface area contributed by atoms with Crippen LogP contribution in [-0.2, 0) is 6.42 Å². The van der Waals surface area contributed by atoms with Gasteiger partial charge in [-0.15, -0.1) is 0 Å². The summed E-state index contributed by atoms with van der Waals surface area (Å²) in [6, 6.07) is 6.17. The van der Waals surface area contributed by atoms with Gasteiger partial charge in [0.1, 0.15) is 0 Å². The highest BCUT2D eigenvalue weighted by Crippen LogP contribution is 2.31. The van der Waals surface area contributed by atoms with Crippen molar-refractivity contribution >= 4 is 23.2 Å². The van der Waals surface area contributed by atoms with Crippen LogP contribution in [0.1, 0.15) is 33.3 Å². The molecule has 1 nitrogen and oxygen atoms in total. The molecule has 0 atom stereocenters. The standard InChI is InChI=1S/C14H21Cl2N/c1-10(2)17-9-14(3,4)8-11-12(15)6-5-7-13(11)16/h5-7,10,17H,8-9H2,1-4H3. The molecule has 3 heteroatoms. The zero-order valence-electron chi connectivity index (χ0n) is 11.0. The quantitative estimate of drug-likeness (QED) is 0.830. The molecule has 1 N–H and O–H groups in total. The van der Waals surface area contributed by atoms with Crippen LogP contribution in [0.5, 0.6) is 0 Å². The predicted molar refractivity (Wildman–Crippen MR) is 77.1 cm³/mol. The van der Waals surface area contributed by atoms with Gasteiger partial charge in [0.25, 0.3) is 0 Å². The molecule has 0 bridgehead atoms. The van der Waals surface area contributed by atoms with E-state index in [9.17, 15) is 0 Å². The number of hydrogen-bond donors (Lipinski definition) is 1. The van der Waals surface area contributed by atoms with E-state index in [4.69, 9.17) is 23.2 Å². The van der Waals surface area contributed by atoms with Crippen LogP contribution in [0.3, 0.4) is 0 Å². The Morgan fingerprint density at radius 2 is 1.71 bits per heavy atom. The number of benzene rings is 1. The molecule has 17 heavy (non-hydrogen) atoms. The minimum atomic E-state index is 0.138. The molecule has 0 unspecified atom stereocenters. The molecule has 96 valence electrons. The fourth-order valence-corrected chi connectivity index (χ4v) is 2.25. The van der Waals surface area contributed by atoms with E-state index in [0.29, 0.717) is 6.04 Å². The second-order valence-electron chi connectivity index (χ2n) is 5.58. The van der Waals surface area contributed by atoms with Gasteiger partial charge in [-0.2, -0.15) is 0 Å². The third-order valence-electron chi connectivity index (χ3n) is 2.71. The minimum Gasteiger partial charge on any atom is -0.314 e. The maximum absolute atomic E-state index is 6.19. The van der Waals surface area contributed by atoms with Gasteiger partial charge in [-0.1, -0.05) is 57.0 Å². The second-order valence-corrected chi connectivity index (χ2v) is 6.39. The van der Waals surface area contributed by atoms with Gasteiger partial charge in [0, 0.05) is 22.6 Å². The van der Waals surface area contributed by atoms with Crippen LogP contribution >= 0.6 is 23.2 Å². The molecule has 0 heterocycles. The van der Waals surface area contributed by atoms with E-state index < -0.39 is 0 Å². The summed E-state index contributed by atoms with van der Waals surface area (Å²) >= 11 is 12.4. The average Bonchev–Trinajstić information content (AvgIpc) is 2.21. The zero-order valence-corrected chi connectivity index (χ0v) is 12.5. The lowest BCUT2D eigenvalue weighted by atomic mass is 9.85. The molecule has 1 aromatic rings. The Morgan fingerprint density at radius 3 is 2.18 bits per heavy atom. The highest BCUT2D eigenvalue weighted by molar-refractivity contribution is 6.35. The summed E-state index contributed by atoms with van der Waals surface area (Å²) in [6.45, 7) is 9.70. The van der Waals surface area contributed by atoms with Crippen molar-refractivity contribution in [3.05, 3.63) is 33.8 Å². The lowest BCUT2D eigenvalue weighted by Gasteiger charge is -2.27. The Balaban J connectivity index is 2.75. The third-order valence-corrected chi connectivity index (χ3v) is 3.41. The van der Waals surface area contributed by atoms with Gasteiger partial charge in [-0.25, -0.2) is 0 Å². The van der Waals surface area contributed by atoms with Crippen LogP contribution in [0.15, 0.2) is 18.2 Å². The fourth-order valence-electron chi connectivity index (χ4n) is 1.72. The van der Waals surface area contributed by atoms with Gasteiger partial charge in [0.2, 0.25) is 0 Å². The van der Waals surface area contributed by atoms with Crippen LogP contribution in [0.25, 0.3) is 0 Å². The molecule has 0 aliphatic rings. The zero-order chi connectivity index (χ0) is 13.1. The van der Waals surface area contributed by atoms with Crippen LogP contribution in [0, 0.1) is 5.41 Å². The lowest BCUT2D eigenvalue weighted by molar-refractivity contribution is 0.326. The smallest absolute Gasteiger partial charge is 0.0453 e. The molecule has 1 rings (SSSR count). The van der Waals surface area contributed by atoms with Gasteiger partial charge in [-0.3, -0.25) is 0 Å². The third kappa shape index (κ3) is 4.87. The summed E-state index contributed by atoms with van der Waals surface area (Å²) in [7, 11) is 0. The van der Waals surface area contributed by atoms with Crippen LogP contribution in [-0.4, -0.2) is 12.6 Å². The molecule has 0 aromatic heterocycles. The molecule has 0 fully saturated rings. The summed E-state index contributed by atoms with van der Waals surface area (Å²) in [5, 5.41) is 4.98. The average molecular weight is 274 g/mol. The molecule has 0 saturated heterocycles. The van der Waals surface area contributed by atoms with E-state index in [1.807, 2.05) is 18.2 Å². The monoisotopic (exact) mass is 273 g/mol. The summed E-state index contributed by atoms with van der Waals surface area (Å²) in [5.74, 6) is 0. The van der Waals surface area contributed by atoms with Crippen molar-refractivity contribution in [3.63, 3.8) is 0 Å². The molecule has 1 aromatic carbocycles. The summed E-state index contributed by atoms with van der Waals surface area (Å²) in [6.07, 6.45) is 0.880. The maximum Gasteiger partial charge on any atom is 0.0453 e. The highest BCUT2D eigenvalue weighted by atomic mass is 35.5. The molecule has 0 amide bonds. The van der Waals surface area contributed by atoms with Crippen LogP contribution in [0.2, 0.25) is 10.0 Å². The Hall–Kier alpha value is -0.240. The van der Waals surface area contributed by atoms with E-state index in [0.717, 1.165) is 28.6 Å². The predicted octanol–water partition coefficient (Wildman–Crippen LogP) is 4.56. The lowest BCUT2D eigenvalue weighted by Crippen LogP contribution is -2.35. The van der Waals surface area contributed by atoms with Crippen molar-refractivity contribution in [1.82, 2.24) is 5.32 Å². The topological polar surface area (TPSA) is 12.0 Å². The molecule has 0 aliphatic heterocycles. The van der Waals surface area contributed by atoms with Gasteiger partial charge >= 0.3 is 0 Å². The van der Waals surface area contributed by atoms with Crippen molar-refractivity contribution in [1.29, 1.82) is 0 Å². The van der Waals surface area contributed by atoms with E-state index in [1.165, 1.54) is 0 Å². The first kappa shape index (κ1) is 14.8. The first-order chi connectivity index (χ1) is 7.82. The first-order valence-corrected chi connectivity index (χ1v) is 6.74. The number of hydrogen-bond acceptors (Lipinski definition) is 1. The maximum atomic E-state index is 6.19. The van der Waals surface area contributed by atoms with E-state index in [-0.39, 0.29) is 5.41 Å².